The molecule has 1 aromatic heterocycles. The molecular formula is C17H17FN2O3. The molecule has 1 saturated heterocycles. The summed E-state index contributed by atoms with van der Waals surface area (Å²) in [7, 11) is 0. The summed E-state index contributed by atoms with van der Waals surface area (Å²) in [4.78, 5) is 17.9. The molecule has 4 rings (SSSR count). The molecule has 2 heterocycles. The molecule has 1 saturated carbocycles. The summed E-state index contributed by atoms with van der Waals surface area (Å²) in [5.74, 6) is 0.708. The highest BCUT2D eigenvalue weighted by Gasteiger charge is 2.45. The molecule has 1 aliphatic heterocycles. The molecule has 5 nitrogen and oxygen atoms in total. The number of hydrogen-bond acceptors (Lipinski definition) is 4. The molecule has 120 valence electrons. The number of ether oxygens (including phenoxy) is 1. The summed E-state index contributed by atoms with van der Waals surface area (Å²) in [6.45, 7) is 1.31. The van der Waals surface area contributed by atoms with Crippen molar-refractivity contribution in [3.8, 4) is 5.75 Å². The highest BCUT2D eigenvalue weighted by atomic mass is 19.1. The molecule has 3 atom stereocenters. The molecule has 0 N–H and O–H groups in total. The van der Waals surface area contributed by atoms with Gasteiger partial charge in [0.05, 0.1) is 6.20 Å². The highest BCUT2D eigenvalue weighted by Crippen LogP contribution is 2.40. The molecule has 6 heteroatoms. The smallest absolute Gasteiger partial charge is 0.291 e. The number of benzene rings is 1. The number of rotatable bonds is 3. The maximum Gasteiger partial charge on any atom is 0.291 e. The quantitative estimate of drug-likeness (QED) is 0.874. The van der Waals surface area contributed by atoms with Gasteiger partial charge in [-0.3, -0.25) is 4.79 Å². The standard InChI is InChI=1S/C17H17FN2O3/c18-13-3-1-2-4-15(13)23-14-6-5-11-8-20(9-12(11)14)17(21)16-7-19-10-22-16/h1-4,7,10-12,14H,5-6,8-9H2/t11-,12+,14-/m0/s1. The first-order chi connectivity index (χ1) is 11.2. The van der Waals surface area contributed by atoms with Crippen molar-refractivity contribution in [3.05, 3.63) is 48.4 Å². The summed E-state index contributed by atoms with van der Waals surface area (Å²) in [6, 6.07) is 6.46. The predicted molar refractivity (Wildman–Crippen MR) is 79.4 cm³/mol. The minimum atomic E-state index is -0.344. The van der Waals surface area contributed by atoms with E-state index in [1.807, 2.05) is 0 Å². The van der Waals surface area contributed by atoms with Crippen molar-refractivity contribution >= 4 is 5.91 Å². The predicted octanol–water partition coefficient (Wildman–Crippen LogP) is 2.74. The van der Waals surface area contributed by atoms with Gasteiger partial charge in [0.15, 0.2) is 18.0 Å². The average molecular weight is 316 g/mol. The molecule has 0 unspecified atom stereocenters. The second kappa shape index (κ2) is 5.68. The molecular weight excluding hydrogens is 299 g/mol. The zero-order valence-corrected chi connectivity index (χ0v) is 12.5. The number of hydrogen-bond donors (Lipinski definition) is 0. The van der Waals surface area contributed by atoms with Crippen molar-refractivity contribution < 1.29 is 18.3 Å². The Labute approximate surface area is 133 Å². The Bertz CT molecular complexity index is 704. The Hall–Kier alpha value is -2.37. The van der Waals surface area contributed by atoms with Crippen molar-refractivity contribution in [2.24, 2.45) is 11.8 Å². The number of likely N-dealkylation sites (tertiary alicyclic amines) is 1. The molecule has 0 bridgehead atoms. The Kier molecular flexibility index (Phi) is 3.52. The van der Waals surface area contributed by atoms with Crippen LogP contribution in [0.25, 0.3) is 0 Å². The molecule has 23 heavy (non-hydrogen) atoms. The number of aromatic nitrogens is 1. The van der Waals surface area contributed by atoms with E-state index in [1.165, 1.54) is 18.7 Å². The van der Waals surface area contributed by atoms with Crippen LogP contribution in [0.3, 0.4) is 0 Å². The van der Waals surface area contributed by atoms with Gasteiger partial charge in [-0.15, -0.1) is 0 Å². The van der Waals surface area contributed by atoms with E-state index in [4.69, 9.17) is 9.15 Å². The van der Waals surface area contributed by atoms with Gasteiger partial charge in [-0.25, -0.2) is 9.37 Å². The zero-order valence-electron chi connectivity index (χ0n) is 12.5. The van der Waals surface area contributed by atoms with Gasteiger partial charge in [0.25, 0.3) is 5.91 Å². The maximum atomic E-state index is 13.8. The number of oxazole rings is 1. The number of fused-ring (bicyclic) bond motifs is 1. The number of nitrogens with zero attached hydrogens (tertiary/aromatic N) is 2. The normalized spacial score (nSPS) is 26.3. The summed E-state index contributed by atoms with van der Waals surface area (Å²) in [5, 5.41) is 0. The van der Waals surface area contributed by atoms with Crippen LogP contribution in [0.5, 0.6) is 5.75 Å². The lowest BCUT2D eigenvalue weighted by Gasteiger charge is -2.21. The third-order valence-corrected chi connectivity index (χ3v) is 4.84. The lowest BCUT2D eigenvalue weighted by Crippen LogP contribution is -2.32. The topological polar surface area (TPSA) is 55.6 Å². The second-order valence-electron chi connectivity index (χ2n) is 6.16. The van der Waals surface area contributed by atoms with Gasteiger partial charge >= 0.3 is 0 Å². The minimum absolute atomic E-state index is 0.0515. The third-order valence-electron chi connectivity index (χ3n) is 4.84. The van der Waals surface area contributed by atoms with Crippen molar-refractivity contribution in [1.29, 1.82) is 0 Å². The Morgan fingerprint density at radius 1 is 1.30 bits per heavy atom. The molecule has 1 aromatic carbocycles. The summed E-state index contributed by atoms with van der Waals surface area (Å²) in [5.41, 5.74) is 0. The summed E-state index contributed by atoms with van der Waals surface area (Å²) in [6.07, 6.45) is 4.53. The lowest BCUT2D eigenvalue weighted by atomic mass is 9.99. The number of para-hydroxylation sites is 1. The van der Waals surface area contributed by atoms with E-state index in [0.29, 0.717) is 19.0 Å². The molecule has 0 spiro atoms. The van der Waals surface area contributed by atoms with Crippen LogP contribution in [0.15, 0.2) is 41.3 Å². The van der Waals surface area contributed by atoms with E-state index in [1.54, 1.807) is 23.1 Å². The maximum absolute atomic E-state index is 13.8. The fraction of sp³-hybridized carbons (Fsp3) is 0.412. The van der Waals surface area contributed by atoms with E-state index >= 15 is 0 Å². The van der Waals surface area contributed by atoms with Crippen LogP contribution < -0.4 is 4.74 Å². The molecule has 1 amide bonds. The van der Waals surface area contributed by atoms with Gasteiger partial charge in [0.1, 0.15) is 6.10 Å². The van der Waals surface area contributed by atoms with Crippen molar-refractivity contribution in [2.45, 2.75) is 18.9 Å². The summed E-state index contributed by atoms with van der Waals surface area (Å²) >= 11 is 0. The van der Waals surface area contributed by atoms with Crippen molar-refractivity contribution in [3.63, 3.8) is 0 Å². The number of halogens is 1. The van der Waals surface area contributed by atoms with Crippen LogP contribution >= 0.6 is 0 Å². The van der Waals surface area contributed by atoms with E-state index < -0.39 is 0 Å². The first-order valence-corrected chi connectivity index (χ1v) is 7.81. The average Bonchev–Trinajstić information content (AvgIpc) is 3.26. The van der Waals surface area contributed by atoms with Crippen LogP contribution in [0.1, 0.15) is 23.4 Å². The van der Waals surface area contributed by atoms with Gasteiger partial charge in [-0.1, -0.05) is 12.1 Å². The monoisotopic (exact) mass is 316 g/mol. The molecule has 0 radical (unpaired) electrons. The van der Waals surface area contributed by atoms with Crippen LogP contribution in [0, 0.1) is 17.7 Å². The fourth-order valence-corrected chi connectivity index (χ4v) is 3.71. The second-order valence-corrected chi connectivity index (χ2v) is 6.16. The van der Waals surface area contributed by atoms with Crippen LogP contribution in [-0.4, -0.2) is 35.0 Å². The highest BCUT2D eigenvalue weighted by molar-refractivity contribution is 5.91. The lowest BCUT2D eigenvalue weighted by molar-refractivity contribution is 0.0730. The Morgan fingerprint density at radius 2 is 2.17 bits per heavy atom. The van der Waals surface area contributed by atoms with E-state index in [0.717, 1.165) is 12.8 Å². The fourth-order valence-electron chi connectivity index (χ4n) is 3.71. The van der Waals surface area contributed by atoms with Gasteiger partial charge in [-0.2, -0.15) is 0 Å². The first kappa shape index (κ1) is 14.2. The van der Waals surface area contributed by atoms with Gasteiger partial charge in [0, 0.05) is 19.0 Å². The first-order valence-electron chi connectivity index (χ1n) is 7.81. The van der Waals surface area contributed by atoms with E-state index in [-0.39, 0.29) is 35.3 Å². The van der Waals surface area contributed by atoms with Crippen molar-refractivity contribution in [1.82, 2.24) is 9.88 Å². The summed E-state index contributed by atoms with van der Waals surface area (Å²) < 4.78 is 24.7. The largest absolute Gasteiger partial charge is 0.487 e. The van der Waals surface area contributed by atoms with Crippen LogP contribution in [0.2, 0.25) is 0 Å². The van der Waals surface area contributed by atoms with Gasteiger partial charge in [0.2, 0.25) is 5.76 Å². The van der Waals surface area contributed by atoms with Crippen LogP contribution in [0.4, 0.5) is 4.39 Å². The number of amides is 1. The zero-order chi connectivity index (χ0) is 15.8. The number of carbonyl (C=O) groups excluding carboxylic acids is 1. The Morgan fingerprint density at radius 3 is 2.96 bits per heavy atom. The number of carbonyl (C=O) groups is 1. The van der Waals surface area contributed by atoms with E-state index in [2.05, 4.69) is 4.98 Å². The minimum Gasteiger partial charge on any atom is -0.487 e. The van der Waals surface area contributed by atoms with Crippen LogP contribution in [-0.2, 0) is 0 Å². The third kappa shape index (κ3) is 2.58. The SMILES string of the molecule is O=C(c1cnco1)N1C[C@@H]2CC[C@H](Oc3ccccc3F)[C@@H]2C1. The molecule has 1 aliphatic carbocycles. The van der Waals surface area contributed by atoms with E-state index in [9.17, 15) is 9.18 Å². The van der Waals surface area contributed by atoms with Gasteiger partial charge < -0.3 is 14.1 Å². The molecule has 2 aliphatic rings. The molecule has 2 fully saturated rings. The molecule has 2 aromatic rings. The van der Waals surface area contributed by atoms with Crippen molar-refractivity contribution in [2.75, 3.05) is 13.1 Å². The Balaban J connectivity index is 1.45. The van der Waals surface area contributed by atoms with Gasteiger partial charge in [-0.05, 0) is 30.9 Å².